The summed E-state index contributed by atoms with van der Waals surface area (Å²) in [4.78, 5) is 11.6. The fourth-order valence-electron chi connectivity index (χ4n) is 1.78. The Bertz CT molecular complexity index is 379. The van der Waals surface area contributed by atoms with Crippen LogP contribution < -0.4 is 10.6 Å². The van der Waals surface area contributed by atoms with Gasteiger partial charge in [0.1, 0.15) is 5.75 Å². The standard InChI is InChI=1S/C14H22N2O3/c1-3-13(11-4-6-12(17)7-5-11)16-10-14(18)15-8-9-19-2/h4-7,13,16-17H,3,8-10H2,1-2H3,(H,15,18). The maximum Gasteiger partial charge on any atom is 0.234 e. The number of aromatic hydroxyl groups is 1. The second kappa shape index (κ2) is 8.50. The predicted octanol–water partition coefficient (Wildman–Crippen LogP) is 1.20. The number of ether oxygens (including phenoxy) is 1. The molecule has 1 aromatic rings. The normalized spacial score (nSPS) is 12.1. The predicted molar refractivity (Wildman–Crippen MR) is 74.0 cm³/mol. The highest BCUT2D eigenvalue weighted by Gasteiger charge is 2.10. The molecule has 0 spiro atoms. The molecular formula is C14H22N2O3. The molecule has 0 fully saturated rings. The van der Waals surface area contributed by atoms with Crippen molar-refractivity contribution in [3.05, 3.63) is 29.8 Å². The van der Waals surface area contributed by atoms with Gasteiger partial charge < -0.3 is 20.5 Å². The van der Waals surface area contributed by atoms with E-state index in [1.54, 1.807) is 19.2 Å². The summed E-state index contributed by atoms with van der Waals surface area (Å²) in [6, 6.07) is 7.13. The fourth-order valence-corrected chi connectivity index (χ4v) is 1.78. The molecule has 5 nitrogen and oxygen atoms in total. The lowest BCUT2D eigenvalue weighted by atomic mass is 10.0. The van der Waals surface area contributed by atoms with Gasteiger partial charge in [-0.25, -0.2) is 0 Å². The van der Waals surface area contributed by atoms with Crippen molar-refractivity contribution in [1.82, 2.24) is 10.6 Å². The van der Waals surface area contributed by atoms with Crippen LogP contribution >= 0.6 is 0 Å². The first-order chi connectivity index (χ1) is 9.17. The van der Waals surface area contributed by atoms with Crippen LogP contribution in [0, 0.1) is 0 Å². The lowest BCUT2D eigenvalue weighted by molar-refractivity contribution is -0.120. The van der Waals surface area contributed by atoms with E-state index in [1.807, 2.05) is 19.1 Å². The maximum absolute atomic E-state index is 11.6. The van der Waals surface area contributed by atoms with Gasteiger partial charge in [0.05, 0.1) is 13.2 Å². The number of methoxy groups -OCH3 is 1. The highest BCUT2D eigenvalue weighted by Crippen LogP contribution is 2.19. The Morgan fingerprint density at radius 2 is 2.05 bits per heavy atom. The molecule has 0 bridgehead atoms. The number of hydrogen-bond acceptors (Lipinski definition) is 4. The van der Waals surface area contributed by atoms with E-state index in [9.17, 15) is 9.90 Å². The Balaban J connectivity index is 2.40. The molecular weight excluding hydrogens is 244 g/mol. The van der Waals surface area contributed by atoms with Crippen molar-refractivity contribution < 1.29 is 14.6 Å². The summed E-state index contributed by atoms with van der Waals surface area (Å²) < 4.78 is 4.86. The van der Waals surface area contributed by atoms with Crippen molar-refractivity contribution >= 4 is 5.91 Å². The molecule has 0 saturated heterocycles. The van der Waals surface area contributed by atoms with Gasteiger partial charge in [0.15, 0.2) is 0 Å². The number of phenols is 1. The van der Waals surface area contributed by atoms with Crippen molar-refractivity contribution in [2.75, 3.05) is 26.8 Å². The van der Waals surface area contributed by atoms with Gasteiger partial charge in [0, 0.05) is 19.7 Å². The average Bonchev–Trinajstić information content (AvgIpc) is 2.41. The summed E-state index contributed by atoms with van der Waals surface area (Å²) >= 11 is 0. The molecule has 1 rings (SSSR count). The largest absolute Gasteiger partial charge is 0.508 e. The molecule has 1 aromatic carbocycles. The number of nitrogens with one attached hydrogen (secondary N) is 2. The third-order valence-electron chi connectivity index (χ3n) is 2.84. The molecule has 5 heteroatoms. The van der Waals surface area contributed by atoms with Crippen LogP contribution in [0.15, 0.2) is 24.3 Å². The Kier molecular flexibility index (Phi) is 6.92. The van der Waals surface area contributed by atoms with Gasteiger partial charge >= 0.3 is 0 Å². The smallest absolute Gasteiger partial charge is 0.234 e. The first kappa shape index (κ1) is 15.5. The number of phenolic OH excluding ortho intramolecular Hbond substituents is 1. The summed E-state index contributed by atoms with van der Waals surface area (Å²) in [6.07, 6.45) is 0.871. The van der Waals surface area contributed by atoms with Gasteiger partial charge in [0.25, 0.3) is 0 Å². The lowest BCUT2D eigenvalue weighted by Gasteiger charge is -2.17. The second-order valence-electron chi connectivity index (χ2n) is 4.28. The summed E-state index contributed by atoms with van der Waals surface area (Å²) in [7, 11) is 1.60. The van der Waals surface area contributed by atoms with Crippen LogP contribution in [-0.4, -0.2) is 37.8 Å². The van der Waals surface area contributed by atoms with E-state index in [0.29, 0.717) is 13.2 Å². The number of amides is 1. The molecule has 19 heavy (non-hydrogen) atoms. The molecule has 0 saturated carbocycles. The minimum absolute atomic E-state index is 0.0470. The zero-order valence-electron chi connectivity index (χ0n) is 11.5. The van der Waals surface area contributed by atoms with Crippen LogP contribution in [0.5, 0.6) is 5.75 Å². The Morgan fingerprint density at radius 1 is 1.37 bits per heavy atom. The van der Waals surface area contributed by atoms with E-state index < -0.39 is 0 Å². The van der Waals surface area contributed by atoms with Crippen molar-refractivity contribution in [2.45, 2.75) is 19.4 Å². The van der Waals surface area contributed by atoms with E-state index in [1.165, 1.54) is 0 Å². The zero-order valence-corrected chi connectivity index (χ0v) is 11.5. The second-order valence-corrected chi connectivity index (χ2v) is 4.28. The molecule has 1 atom stereocenters. The molecule has 1 unspecified atom stereocenters. The van der Waals surface area contributed by atoms with E-state index >= 15 is 0 Å². The zero-order chi connectivity index (χ0) is 14.1. The summed E-state index contributed by atoms with van der Waals surface area (Å²) in [6.45, 7) is 3.35. The van der Waals surface area contributed by atoms with Gasteiger partial charge in [-0.15, -0.1) is 0 Å². The van der Waals surface area contributed by atoms with Crippen LogP contribution in [0.25, 0.3) is 0 Å². The molecule has 0 radical (unpaired) electrons. The third-order valence-corrected chi connectivity index (χ3v) is 2.84. The van der Waals surface area contributed by atoms with Crippen molar-refractivity contribution in [2.24, 2.45) is 0 Å². The molecule has 0 aliphatic heterocycles. The molecule has 0 aromatic heterocycles. The van der Waals surface area contributed by atoms with Crippen LogP contribution in [0.2, 0.25) is 0 Å². The quantitative estimate of drug-likeness (QED) is 0.618. The number of carbonyl (C=O) groups excluding carboxylic acids is 1. The Labute approximate surface area is 114 Å². The van der Waals surface area contributed by atoms with Crippen LogP contribution in [0.4, 0.5) is 0 Å². The highest BCUT2D eigenvalue weighted by atomic mass is 16.5. The van der Waals surface area contributed by atoms with Gasteiger partial charge in [-0.1, -0.05) is 19.1 Å². The highest BCUT2D eigenvalue weighted by molar-refractivity contribution is 5.78. The van der Waals surface area contributed by atoms with Gasteiger partial charge in [0.2, 0.25) is 5.91 Å². The maximum atomic E-state index is 11.6. The van der Waals surface area contributed by atoms with Crippen molar-refractivity contribution in [3.63, 3.8) is 0 Å². The van der Waals surface area contributed by atoms with Gasteiger partial charge in [-0.05, 0) is 24.1 Å². The molecule has 106 valence electrons. The minimum atomic E-state index is -0.0470. The topological polar surface area (TPSA) is 70.6 Å². The molecule has 0 heterocycles. The van der Waals surface area contributed by atoms with Crippen molar-refractivity contribution in [1.29, 1.82) is 0 Å². The Hall–Kier alpha value is -1.59. The number of hydrogen-bond donors (Lipinski definition) is 3. The van der Waals surface area contributed by atoms with Crippen LogP contribution in [-0.2, 0) is 9.53 Å². The fraction of sp³-hybridized carbons (Fsp3) is 0.500. The number of carbonyl (C=O) groups is 1. The lowest BCUT2D eigenvalue weighted by Crippen LogP contribution is -2.37. The van der Waals surface area contributed by atoms with E-state index in [4.69, 9.17) is 4.74 Å². The monoisotopic (exact) mass is 266 g/mol. The first-order valence-electron chi connectivity index (χ1n) is 6.45. The summed E-state index contributed by atoms with van der Waals surface area (Å²) in [5, 5.41) is 15.2. The van der Waals surface area contributed by atoms with E-state index in [-0.39, 0.29) is 24.2 Å². The third kappa shape index (κ3) is 5.72. The summed E-state index contributed by atoms with van der Waals surface area (Å²) in [5.74, 6) is 0.199. The molecule has 3 N–H and O–H groups in total. The summed E-state index contributed by atoms with van der Waals surface area (Å²) in [5.41, 5.74) is 1.06. The molecule has 1 amide bonds. The molecule has 0 aliphatic rings. The van der Waals surface area contributed by atoms with E-state index in [2.05, 4.69) is 10.6 Å². The first-order valence-corrected chi connectivity index (χ1v) is 6.45. The average molecular weight is 266 g/mol. The van der Waals surface area contributed by atoms with Crippen LogP contribution in [0.3, 0.4) is 0 Å². The SMILES string of the molecule is CCC(NCC(=O)NCCOC)c1ccc(O)cc1. The van der Waals surface area contributed by atoms with Crippen molar-refractivity contribution in [3.8, 4) is 5.75 Å². The van der Waals surface area contributed by atoms with E-state index in [0.717, 1.165) is 12.0 Å². The molecule has 0 aliphatic carbocycles. The van der Waals surface area contributed by atoms with Gasteiger partial charge in [-0.2, -0.15) is 0 Å². The van der Waals surface area contributed by atoms with Crippen LogP contribution in [0.1, 0.15) is 24.9 Å². The Morgan fingerprint density at radius 3 is 2.63 bits per heavy atom. The number of benzene rings is 1. The van der Waals surface area contributed by atoms with Gasteiger partial charge in [-0.3, -0.25) is 4.79 Å². The minimum Gasteiger partial charge on any atom is -0.508 e. The number of rotatable bonds is 8.